The van der Waals surface area contributed by atoms with Crippen molar-refractivity contribution in [2.24, 2.45) is 0 Å². The van der Waals surface area contributed by atoms with Gasteiger partial charge in [-0.15, -0.1) is 0 Å². The molecule has 72 heavy (non-hydrogen) atoms. The summed E-state index contributed by atoms with van der Waals surface area (Å²) >= 11 is 0. The number of rotatable bonds is 10. The Hall–Kier alpha value is -9.50. The molecule has 13 aromatic rings. The van der Waals surface area contributed by atoms with Gasteiger partial charge in [0, 0.05) is 33.6 Å². The van der Waals surface area contributed by atoms with Crippen molar-refractivity contribution < 1.29 is 4.42 Å². The van der Waals surface area contributed by atoms with Gasteiger partial charge in [-0.2, -0.15) is 0 Å². The second-order valence-corrected chi connectivity index (χ2v) is 18.4. The molecule has 0 saturated heterocycles. The largest absolute Gasteiger partial charge is 0.455 e. The maximum Gasteiger partial charge on any atom is 0.143 e. The Bertz CT molecular complexity index is 4040. The van der Waals surface area contributed by atoms with Crippen LogP contribution >= 0.6 is 0 Å². The fraction of sp³-hybridized carbons (Fsp3) is 0. The minimum atomic E-state index is 0.883. The quantitative estimate of drug-likeness (QED) is 0.127. The molecule has 1 aromatic heterocycles. The smallest absolute Gasteiger partial charge is 0.143 e. The van der Waals surface area contributed by atoms with Crippen molar-refractivity contribution in [3.8, 4) is 78.1 Å². The molecule has 0 N–H and O–H groups in total. The summed E-state index contributed by atoms with van der Waals surface area (Å²) in [6.45, 7) is 0. The molecule has 0 radical (unpaired) electrons. The molecule has 13 rings (SSSR count). The van der Waals surface area contributed by atoms with Gasteiger partial charge < -0.3 is 9.32 Å². The van der Waals surface area contributed by atoms with Gasteiger partial charge in [-0.3, -0.25) is 0 Å². The van der Waals surface area contributed by atoms with Gasteiger partial charge in [0.25, 0.3) is 0 Å². The Morgan fingerprint density at radius 3 is 1.28 bits per heavy atom. The Kier molecular flexibility index (Phi) is 10.9. The van der Waals surface area contributed by atoms with Crippen LogP contribution in [0.3, 0.4) is 0 Å². The Balaban J connectivity index is 0.834. The van der Waals surface area contributed by atoms with Gasteiger partial charge in [-0.05, 0) is 137 Å². The van der Waals surface area contributed by atoms with Crippen molar-refractivity contribution >= 4 is 49.6 Å². The van der Waals surface area contributed by atoms with Gasteiger partial charge in [0.1, 0.15) is 11.3 Å². The van der Waals surface area contributed by atoms with Crippen molar-refractivity contribution in [1.82, 2.24) is 0 Å². The number of hydrogen-bond acceptors (Lipinski definition) is 2. The molecule has 0 aliphatic heterocycles. The highest BCUT2D eigenvalue weighted by Gasteiger charge is 2.19. The van der Waals surface area contributed by atoms with Crippen LogP contribution in [0.25, 0.3) is 111 Å². The molecule has 338 valence electrons. The summed E-state index contributed by atoms with van der Waals surface area (Å²) in [6, 6.07) is 103. The Morgan fingerprint density at radius 2 is 0.653 bits per heavy atom. The third kappa shape index (κ3) is 7.92. The summed E-state index contributed by atoms with van der Waals surface area (Å²) in [5, 5.41) is 6.16. The van der Waals surface area contributed by atoms with Crippen molar-refractivity contribution in [1.29, 1.82) is 0 Å². The van der Waals surface area contributed by atoms with E-state index in [4.69, 9.17) is 4.42 Å². The van der Waals surface area contributed by atoms with E-state index in [0.29, 0.717) is 0 Å². The molecule has 12 aromatic carbocycles. The second kappa shape index (κ2) is 18.4. The molecular weight excluding hydrogens is 871 g/mol. The average molecular weight is 918 g/mol. The van der Waals surface area contributed by atoms with Crippen molar-refractivity contribution in [3.63, 3.8) is 0 Å². The normalized spacial score (nSPS) is 11.3. The fourth-order valence-corrected chi connectivity index (χ4v) is 10.6. The summed E-state index contributed by atoms with van der Waals surface area (Å²) < 4.78 is 6.58. The summed E-state index contributed by atoms with van der Waals surface area (Å²) in [5.41, 5.74) is 19.3. The molecular formula is C70H47NO. The SMILES string of the molecule is c1ccc(-c2ccccc2-c2ccc(N(c3ccc(-c4ccc(-c5cccc(-c6oc7ccccc7c6-c6ccccc6)c5)cc4)cc3)c3ccc(-c4cc5ccccc5c5ccccc45)cc3)cc2)cc1. The number of fused-ring (bicyclic) bond motifs is 4. The van der Waals surface area contributed by atoms with Crippen molar-refractivity contribution in [3.05, 3.63) is 285 Å². The van der Waals surface area contributed by atoms with Crippen LogP contribution in [0.4, 0.5) is 17.1 Å². The lowest BCUT2D eigenvalue weighted by molar-refractivity contribution is 0.632. The van der Waals surface area contributed by atoms with E-state index in [1.807, 2.05) is 12.1 Å². The van der Waals surface area contributed by atoms with Crippen LogP contribution < -0.4 is 4.90 Å². The van der Waals surface area contributed by atoms with E-state index in [1.54, 1.807) is 0 Å². The van der Waals surface area contributed by atoms with E-state index < -0.39 is 0 Å². The summed E-state index contributed by atoms with van der Waals surface area (Å²) in [7, 11) is 0. The number of nitrogens with zero attached hydrogens (tertiary/aromatic N) is 1. The van der Waals surface area contributed by atoms with Crippen LogP contribution in [-0.4, -0.2) is 0 Å². The topological polar surface area (TPSA) is 16.4 Å². The van der Waals surface area contributed by atoms with Gasteiger partial charge in [-0.25, -0.2) is 0 Å². The summed E-state index contributed by atoms with van der Waals surface area (Å²) in [6.07, 6.45) is 0. The monoisotopic (exact) mass is 917 g/mol. The Morgan fingerprint density at radius 1 is 0.236 bits per heavy atom. The van der Waals surface area contributed by atoms with Crippen LogP contribution in [0.5, 0.6) is 0 Å². The number of benzene rings is 12. The molecule has 0 aliphatic carbocycles. The van der Waals surface area contributed by atoms with Gasteiger partial charge >= 0.3 is 0 Å². The zero-order chi connectivity index (χ0) is 47.8. The highest BCUT2D eigenvalue weighted by atomic mass is 16.3. The Labute approximate surface area is 420 Å². The second-order valence-electron chi connectivity index (χ2n) is 18.4. The van der Waals surface area contributed by atoms with E-state index in [1.165, 1.54) is 54.9 Å². The molecule has 0 amide bonds. The highest BCUT2D eigenvalue weighted by Crippen LogP contribution is 2.44. The van der Waals surface area contributed by atoms with Crippen LogP contribution in [-0.2, 0) is 0 Å². The maximum absolute atomic E-state index is 6.58. The zero-order valence-corrected chi connectivity index (χ0v) is 39.5. The molecule has 0 bridgehead atoms. The molecule has 2 nitrogen and oxygen atoms in total. The predicted octanol–water partition coefficient (Wildman–Crippen LogP) is 19.9. The lowest BCUT2D eigenvalue weighted by Gasteiger charge is -2.26. The molecule has 0 fully saturated rings. The lowest BCUT2D eigenvalue weighted by Crippen LogP contribution is -2.09. The van der Waals surface area contributed by atoms with Gasteiger partial charge in [0.05, 0.1) is 0 Å². The number of para-hydroxylation sites is 1. The number of anilines is 3. The van der Waals surface area contributed by atoms with Crippen LogP contribution in [0.15, 0.2) is 290 Å². The number of furan rings is 1. The molecule has 0 saturated carbocycles. The van der Waals surface area contributed by atoms with E-state index in [2.05, 4.69) is 278 Å². The third-order valence-electron chi connectivity index (χ3n) is 14.1. The molecule has 0 aliphatic rings. The minimum Gasteiger partial charge on any atom is -0.455 e. The van der Waals surface area contributed by atoms with Crippen molar-refractivity contribution in [2.45, 2.75) is 0 Å². The van der Waals surface area contributed by atoms with Crippen LogP contribution in [0.1, 0.15) is 0 Å². The van der Waals surface area contributed by atoms with Crippen LogP contribution in [0.2, 0.25) is 0 Å². The lowest BCUT2D eigenvalue weighted by atomic mass is 9.93. The van der Waals surface area contributed by atoms with Crippen molar-refractivity contribution in [2.75, 3.05) is 4.90 Å². The van der Waals surface area contributed by atoms with Crippen LogP contribution in [0, 0.1) is 0 Å². The van der Waals surface area contributed by atoms with E-state index >= 15 is 0 Å². The average Bonchev–Trinajstić information content (AvgIpc) is 3.86. The minimum absolute atomic E-state index is 0.883. The highest BCUT2D eigenvalue weighted by molar-refractivity contribution is 6.14. The van der Waals surface area contributed by atoms with E-state index in [9.17, 15) is 0 Å². The van der Waals surface area contributed by atoms with Gasteiger partial charge in [0.15, 0.2) is 0 Å². The van der Waals surface area contributed by atoms with Gasteiger partial charge in [-0.1, -0.05) is 231 Å². The first-order chi connectivity index (χ1) is 35.7. The van der Waals surface area contributed by atoms with Gasteiger partial charge in [0.2, 0.25) is 0 Å². The summed E-state index contributed by atoms with van der Waals surface area (Å²) in [5.74, 6) is 0.883. The first-order valence-electron chi connectivity index (χ1n) is 24.6. The molecule has 1 heterocycles. The fourth-order valence-electron chi connectivity index (χ4n) is 10.6. The third-order valence-corrected chi connectivity index (χ3v) is 14.1. The van der Waals surface area contributed by atoms with E-state index in [0.717, 1.165) is 72.7 Å². The first-order valence-corrected chi connectivity index (χ1v) is 24.6. The molecule has 0 atom stereocenters. The maximum atomic E-state index is 6.58. The molecule has 0 unspecified atom stereocenters. The van der Waals surface area contributed by atoms with E-state index in [-0.39, 0.29) is 0 Å². The number of hydrogen-bond donors (Lipinski definition) is 0. The zero-order valence-electron chi connectivity index (χ0n) is 39.5. The predicted molar refractivity (Wildman–Crippen MR) is 304 cm³/mol. The standard InChI is InChI=1S/C70H47NO/c1-3-16-51(17-4-1)61-23-9-10-24-62(61)52-36-42-59(43-37-52)71(60-44-38-53(39-45-60)67-47-56-20-7-8-25-63(56)64-26-11-12-27-65(64)67)58-40-34-49(35-41-58)48-30-32-50(33-31-48)55-21-15-22-57(46-55)70-69(54-18-5-2-6-19-54)66-28-13-14-29-68(66)72-70/h1-47H. The summed E-state index contributed by atoms with van der Waals surface area (Å²) in [4.78, 5) is 2.36. The molecule has 2 heteroatoms. The first kappa shape index (κ1) is 42.6. The molecule has 0 spiro atoms.